The average molecular weight is 370 g/mol. The lowest BCUT2D eigenvalue weighted by atomic mass is 10.2. The van der Waals surface area contributed by atoms with Crippen LogP contribution in [0.3, 0.4) is 0 Å². The standard InChI is InChI=1S/C20H16ClNO4/c1-25-18-4-2-3-5-19(18)26-15-9-7-14(8-10-15)22-20(24)16-12-13(21)6-11-17(16)23/h2-12,23H,1H3,(H,22,24). The molecule has 0 aliphatic rings. The molecule has 0 heterocycles. The molecule has 3 rings (SSSR count). The molecule has 0 atom stereocenters. The van der Waals surface area contributed by atoms with Crippen molar-refractivity contribution in [2.45, 2.75) is 0 Å². The highest BCUT2D eigenvalue weighted by atomic mass is 35.5. The first-order valence-electron chi connectivity index (χ1n) is 7.77. The van der Waals surface area contributed by atoms with Gasteiger partial charge in [-0.2, -0.15) is 0 Å². The monoisotopic (exact) mass is 369 g/mol. The third-order valence-corrected chi connectivity index (χ3v) is 3.85. The highest BCUT2D eigenvalue weighted by molar-refractivity contribution is 6.31. The van der Waals surface area contributed by atoms with Crippen LogP contribution in [0.1, 0.15) is 10.4 Å². The average Bonchev–Trinajstić information content (AvgIpc) is 2.65. The summed E-state index contributed by atoms with van der Waals surface area (Å²) in [4.78, 5) is 12.3. The number of nitrogens with one attached hydrogen (secondary N) is 1. The van der Waals surface area contributed by atoms with Gasteiger partial charge in [-0.25, -0.2) is 0 Å². The number of carbonyl (C=O) groups is 1. The van der Waals surface area contributed by atoms with Crippen molar-refractivity contribution < 1.29 is 19.4 Å². The highest BCUT2D eigenvalue weighted by Crippen LogP contribution is 2.31. The number of rotatable bonds is 5. The van der Waals surface area contributed by atoms with E-state index < -0.39 is 5.91 Å². The SMILES string of the molecule is COc1ccccc1Oc1ccc(NC(=O)c2cc(Cl)ccc2O)cc1. The number of para-hydroxylation sites is 2. The molecule has 132 valence electrons. The van der Waals surface area contributed by atoms with Crippen molar-refractivity contribution >= 4 is 23.2 Å². The molecule has 1 amide bonds. The summed E-state index contributed by atoms with van der Waals surface area (Å²) in [6.45, 7) is 0. The van der Waals surface area contributed by atoms with Gasteiger partial charge in [0, 0.05) is 10.7 Å². The summed E-state index contributed by atoms with van der Waals surface area (Å²) in [5.74, 6) is 1.22. The predicted molar refractivity (Wildman–Crippen MR) is 101 cm³/mol. The Hall–Kier alpha value is -3.18. The Labute approximate surface area is 155 Å². The molecule has 0 spiro atoms. The Bertz CT molecular complexity index is 925. The predicted octanol–water partition coefficient (Wildman–Crippen LogP) is 5.10. The first-order chi connectivity index (χ1) is 12.6. The van der Waals surface area contributed by atoms with Gasteiger partial charge in [-0.15, -0.1) is 0 Å². The van der Waals surface area contributed by atoms with Gasteiger partial charge in [-0.1, -0.05) is 23.7 Å². The zero-order valence-corrected chi connectivity index (χ0v) is 14.7. The largest absolute Gasteiger partial charge is 0.507 e. The van der Waals surface area contributed by atoms with Gasteiger partial charge in [0.05, 0.1) is 12.7 Å². The molecule has 6 heteroatoms. The lowest BCUT2D eigenvalue weighted by molar-refractivity contribution is 0.102. The Balaban J connectivity index is 1.71. The van der Waals surface area contributed by atoms with E-state index in [9.17, 15) is 9.90 Å². The van der Waals surface area contributed by atoms with Crippen molar-refractivity contribution in [1.82, 2.24) is 0 Å². The summed E-state index contributed by atoms with van der Waals surface area (Å²) in [5, 5.41) is 12.9. The number of methoxy groups -OCH3 is 1. The van der Waals surface area contributed by atoms with E-state index >= 15 is 0 Å². The summed E-state index contributed by atoms with van der Waals surface area (Å²) in [5.41, 5.74) is 0.661. The Morgan fingerprint density at radius 2 is 1.69 bits per heavy atom. The normalized spacial score (nSPS) is 10.2. The number of aromatic hydroxyl groups is 1. The lowest BCUT2D eigenvalue weighted by Crippen LogP contribution is -2.12. The Morgan fingerprint density at radius 1 is 1.00 bits per heavy atom. The number of hydrogen-bond acceptors (Lipinski definition) is 4. The van der Waals surface area contributed by atoms with Crippen LogP contribution >= 0.6 is 11.6 Å². The van der Waals surface area contributed by atoms with Crippen LogP contribution in [0.5, 0.6) is 23.0 Å². The summed E-state index contributed by atoms with van der Waals surface area (Å²) in [6, 6.07) is 18.5. The van der Waals surface area contributed by atoms with Gasteiger partial charge in [0.15, 0.2) is 11.5 Å². The van der Waals surface area contributed by atoms with E-state index in [0.29, 0.717) is 28.0 Å². The first kappa shape index (κ1) is 17.6. The number of benzene rings is 3. The van der Waals surface area contributed by atoms with Crippen molar-refractivity contribution in [3.05, 3.63) is 77.3 Å². The van der Waals surface area contributed by atoms with Crippen LogP contribution in [0.2, 0.25) is 5.02 Å². The number of carbonyl (C=O) groups excluding carboxylic acids is 1. The fourth-order valence-corrected chi connectivity index (χ4v) is 2.50. The number of amides is 1. The van der Waals surface area contributed by atoms with Crippen LogP contribution < -0.4 is 14.8 Å². The van der Waals surface area contributed by atoms with Crippen molar-refractivity contribution in [3.63, 3.8) is 0 Å². The molecule has 0 bridgehead atoms. The van der Waals surface area contributed by atoms with Gasteiger partial charge in [0.25, 0.3) is 5.91 Å². The summed E-state index contributed by atoms with van der Waals surface area (Å²) in [7, 11) is 1.58. The van der Waals surface area contributed by atoms with Gasteiger partial charge >= 0.3 is 0 Å². The minimum Gasteiger partial charge on any atom is -0.507 e. The molecule has 2 N–H and O–H groups in total. The molecule has 0 saturated heterocycles. The molecule has 0 radical (unpaired) electrons. The maximum absolute atomic E-state index is 12.3. The van der Waals surface area contributed by atoms with Crippen LogP contribution in [0.4, 0.5) is 5.69 Å². The van der Waals surface area contributed by atoms with Crippen LogP contribution in [0, 0.1) is 0 Å². The maximum atomic E-state index is 12.3. The van der Waals surface area contributed by atoms with Crippen LogP contribution in [0.25, 0.3) is 0 Å². The van der Waals surface area contributed by atoms with E-state index in [1.807, 2.05) is 12.1 Å². The smallest absolute Gasteiger partial charge is 0.259 e. The van der Waals surface area contributed by atoms with Crippen LogP contribution in [-0.2, 0) is 0 Å². The second-order valence-corrected chi connectivity index (χ2v) is 5.83. The Morgan fingerprint density at radius 3 is 2.38 bits per heavy atom. The maximum Gasteiger partial charge on any atom is 0.259 e. The first-order valence-corrected chi connectivity index (χ1v) is 8.15. The second kappa shape index (κ2) is 7.80. The zero-order valence-electron chi connectivity index (χ0n) is 13.9. The van der Waals surface area contributed by atoms with Crippen molar-refractivity contribution in [1.29, 1.82) is 0 Å². The lowest BCUT2D eigenvalue weighted by Gasteiger charge is -2.11. The molecule has 3 aromatic carbocycles. The summed E-state index contributed by atoms with van der Waals surface area (Å²) >= 11 is 5.87. The molecule has 0 saturated carbocycles. The van der Waals surface area contributed by atoms with Gasteiger partial charge in [-0.3, -0.25) is 4.79 Å². The fraction of sp³-hybridized carbons (Fsp3) is 0.0500. The third-order valence-electron chi connectivity index (χ3n) is 3.61. The molecule has 0 aliphatic carbocycles. The van der Waals surface area contributed by atoms with Gasteiger partial charge in [0.2, 0.25) is 0 Å². The van der Waals surface area contributed by atoms with Crippen LogP contribution in [0.15, 0.2) is 66.7 Å². The van der Waals surface area contributed by atoms with E-state index in [1.54, 1.807) is 43.5 Å². The molecule has 26 heavy (non-hydrogen) atoms. The van der Waals surface area contributed by atoms with E-state index in [1.165, 1.54) is 18.2 Å². The minimum absolute atomic E-state index is 0.104. The number of halogens is 1. The van der Waals surface area contributed by atoms with Crippen molar-refractivity contribution in [3.8, 4) is 23.0 Å². The van der Waals surface area contributed by atoms with Crippen molar-refractivity contribution in [2.75, 3.05) is 12.4 Å². The molecule has 0 aromatic heterocycles. The highest BCUT2D eigenvalue weighted by Gasteiger charge is 2.12. The fourth-order valence-electron chi connectivity index (χ4n) is 2.32. The van der Waals surface area contributed by atoms with Gasteiger partial charge in [-0.05, 0) is 54.6 Å². The summed E-state index contributed by atoms with van der Waals surface area (Å²) in [6.07, 6.45) is 0. The van der Waals surface area contributed by atoms with E-state index in [4.69, 9.17) is 21.1 Å². The zero-order chi connectivity index (χ0) is 18.5. The summed E-state index contributed by atoms with van der Waals surface area (Å²) < 4.78 is 11.0. The topological polar surface area (TPSA) is 67.8 Å². The number of anilines is 1. The van der Waals surface area contributed by atoms with Crippen LogP contribution in [-0.4, -0.2) is 18.1 Å². The molecule has 5 nitrogen and oxygen atoms in total. The van der Waals surface area contributed by atoms with Gasteiger partial charge < -0.3 is 19.9 Å². The van der Waals surface area contributed by atoms with E-state index in [2.05, 4.69) is 5.32 Å². The number of hydrogen-bond donors (Lipinski definition) is 2. The van der Waals surface area contributed by atoms with E-state index in [0.717, 1.165) is 0 Å². The van der Waals surface area contributed by atoms with E-state index in [-0.39, 0.29) is 11.3 Å². The Kier molecular flexibility index (Phi) is 5.29. The van der Waals surface area contributed by atoms with Crippen molar-refractivity contribution in [2.24, 2.45) is 0 Å². The molecular formula is C20H16ClNO4. The molecule has 3 aromatic rings. The number of phenols is 1. The van der Waals surface area contributed by atoms with Gasteiger partial charge in [0.1, 0.15) is 11.5 Å². The quantitative estimate of drug-likeness (QED) is 0.656. The third kappa shape index (κ3) is 4.07. The molecule has 0 fully saturated rings. The minimum atomic E-state index is -0.455. The molecule has 0 unspecified atom stereocenters. The molecular weight excluding hydrogens is 354 g/mol. The molecule has 0 aliphatic heterocycles. The second-order valence-electron chi connectivity index (χ2n) is 5.39. The number of phenolic OH excluding ortho intramolecular Hbond substituents is 1. The number of ether oxygens (including phenoxy) is 2.